The second-order valence-corrected chi connectivity index (χ2v) is 4.02. The van der Waals surface area contributed by atoms with Gasteiger partial charge in [-0.1, -0.05) is 0 Å². The Hall–Kier alpha value is -1.50. The molecule has 1 aromatic heterocycles. The third-order valence-electron chi connectivity index (χ3n) is 1.89. The fourth-order valence-corrected chi connectivity index (χ4v) is 2.00. The lowest BCUT2D eigenvalue weighted by molar-refractivity contribution is -0.483. The molecule has 0 aliphatic rings. The van der Waals surface area contributed by atoms with Gasteiger partial charge in [0.2, 0.25) is 6.54 Å². The van der Waals surface area contributed by atoms with Crippen LogP contribution in [0.15, 0.2) is 11.6 Å². The quantitative estimate of drug-likeness (QED) is 0.430. The van der Waals surface area contributed by atoms with Crippen LogP contribution in [0.2, 0.25) is 0 Å². The standard InChI is InChI=1S/C9H12N2O4S/c1-2-15-8(12)5-7(6-11(13)14)9-10-3-4-16-9/h3-4,7H,2,5-6H2,1H3/t7-/m1/s1. The van der Waals surface area contributed by atoms with Gasteiger partial charge >= 0.3 is 5.97 Å². The van der Waals surface area contributed by atoms with Crippen LogP contribution in [0.3, 0.4) is 0 Å². The van der Waals surface area contributed by atoms with Crippen molar-refractivity contribution >= 4 is 17.3 Å². The summed E-state index contributed by atoms with van der Waals surface area (Å²) in [5, 5.41) is 12.8. The van der Waals surface area contributed by atoms with Crippen molar-refractivity contribution in [3.05, 3.63) is 26.7 Å². The second kappa shape index (κ2) is 6.16. The molecule has 0 aliphatic carbocycles. The zero-order valence-electron chi connectivity index (χ0n) is 8.79. The van der Waals surface area contributed by atoms with Crippen molar-refractivity contribution in [3.8, 4) is 0 Å². The molecule has 7 heteroatoms. The molecular weight excluding hydrogens is 232 g/mol. The molecule has 6 nitrogen and oxygen atoms in total. The first kappa shape index (κ1) is 12.6. The molecule has 0 bridgehead atoms. The number of thiazole rings is 1. The topological polar surface area (TPSA) is 82.3 Å². The zero-order chi connectivity index (χ0) is 12.0. The van der Waals surface area contributed by atoms with Crippen molar-refractivity contribution in [3.63, 3.8) is 0 Å². The normalized spacial score (nSPS) is 12.1. The Balaban J connectivity index is 2.65. The molecule has 0 saturated heterocycles. The summed E-state index contributed by atoms with van der Waals surface area (Å²) in [7, 11) is 0. The highest BCUT2D eigenvalue weighted by Crippen LogP contribution is 2.22. The van der Waals surface area contributed by atoms with Crippen LogP contribution in [-0.2, 0) is 9.53 Å². The molecule has 1 atom stereocenters. The maximum absolute atomic E-state index is 11.3. The Labute approximate surface area is 96.4 Å². The summed E-state index contributed by atoms with van der Waals surface area (Å²) < 4.78 is 4.77. The number of aromatic nitrogens is 1. The number of ether oxygens (including phenoxy) is 1. The van der Waals surface area contributed by atoms with Gasteiger partial charge in [0.25, 0.3) is 0 Å². The molecule has 0 spiro atoms. The van der Waals surface area contributed by atoms with E-state index in [4.69, 9.17) is 4.74 Å². The van der Waals surface area contributed by atoms with E-state index in [-0.39, 0.29) is 19.6 Å². The number of carbonyl (C=O) groups is 1. The van der Waals surface area contributed by atoms with E-state index < -0.39 is 16.8 Å². The molecule has 0 N–H and O–H groups in total. The third kappa shape index (κ3) is 3.93. The van der Waals surface area contributed by atoms with Gasteiger partial charge in [-0.05, 0) is 6.92 Å². The van der Waals surface area contributed by atoms with E-state index in [0.717, 1.165) is 0 Å². The van der Waals surface area contributed by atoms with E-state index in [0.29, 0.717) is 5.01 Å². The number of rotatable bonds is 6. The maximum Gasteiger partial charge on any atom is 0.306 e. The molecule has 1 aromatic rings. The molecule has 1 heterocycles. The summed E-state index contributed by atoms with van der Waals surface area (Å²) in [5.74, 6) is -0.918. The molecule has 0 aromatic carbocycles. The van der Waals surface area contributed by atoms with Gasteiger partial charge in [0, 0.05) is 16.5 Å². The Morgan fingerprint density at radius 3 is 3.00 bits per heavy atom. The van der Waals surface area contributed by atoms with Crippen LogP contribution in [0.25, 0.3) is 0 Å². The highest BCUT2D eigenvalue weighted by Gasteiger charge is 2.24. The molecule has 16 heavy (non-hydrogen) atoms. The minimum Gasteiger partial charge on any atom is -0.466 e. The van der Waals surface area contributed by atoms with Crippen LogP contribution < -0.4 is 0 Å². The van der Waals surface area contributed by atoms with Gasteiger partial charge in [-0.3, -0.25) is 14.9 Å². The van der Waals surface area contributed by atoms with Crippen molar-refractivity contribution in [1.82, 2.24) is 4.98 Å². The van der Waals surface area contributed by atoms with Gasteiger partial charge in [-0.15, -0.1) is 11.3 Å². The Kier molecular flexibility index (Phi) is 4.84. The summed E-state index contributed by atoms with van der Waals surface area (Å²) in [6, 6.07) is 0. The van der Waals surface area contributed by atoms with Gasteiger partial charge in [0.05, 0.1) is 18.9 Å². The maximum atomic E-state index is 11.3. The molecule has 0 aliphatic heterocycles. The minimum absolute atomic E-state index is 0.00231. The van der Waals surface area contributed by atoms with Gasteiger partial charge in [-0.2, -0.15) is 0 Å². The Bertz CT molecular complexity index is 352. The Morgan fingerprint density at radius 1 is 1.75 bits per heavy atom. The second-order valence-electron chi connectivity index (χ2n) is 3.09. The van der Waals surface area contributed by atoms with Crippen molar-refractivity contribution in [2.45, 2.75) is 19.3 Å². The van der Waals surface area contributed by atoms with E-state index in [2.05, 4.69) is 4.98 Å². The number of nitrogens with zero attached hydrogens (tertiary/aromatic N) is 2. The van der Waals surface area contributed by atoms with Crippen LogP contribution in [0.5, 0.6) is 0 Å². The van der Waals surface area contributed by atoms with Gasteiger partial charge < -0.3 is 4.74 Å². The molecule has 1 rings (SSSR count). The molecule has 0 unspecified atom stereocenters. The van der Waals surface area contributed by atoms with Crippen LogP contribution in [0.1, 0.15) is 24.3 Å². The summed E-state index contributed by atoms with van der Waals surface area (Å²) >= 11 is 1.31. The van der Waals surface area contributed by atoms with E-state index in [9.17, 15) is 14.9 Å². The van der Waals surface area contributed by atoms with E-state index in [1.165, 1.54) is 11.3 Å². The molecule has 0 saturated carbocycles. The third-order valence-corrected chi connectivity index (χ3v) is 2.83. The number of carbonyl (C=O) groups excluding carboxylic acids is 1. The average Bonchev–Trinajstić information content (AvgIpc) is 2.68. The van der Waals surface area contributed by atoms with E-state index in [1.807, 2.05) is 0 Å². The summed E-state index contributed by atoms with van der Waals surface area (Å²) in [5.41, 5.74) is 0. The predicted molar refractivity (Wildman–Crippen MR) is 58.0 cm³/mol. The van der Waals surface area contributed by atoms with E-state index >= 15 is 0 Å². The lowest BCUT2D eigenvalue weighted by Gasteiger charge is -2.08. The summed E-state index contributed by atoms with van der Waals surface area (Å²) in [6.07, 6.45) is 1.57. The fraction of sp³-hybridized carbons (Fsp3) is 0.556. The molecular formula is C9H12N2O4S. The SMILES string of the molecule is CCOC(=O)C[C@H](C[N+](=O)[O-])c1nccs1. The molecule has 88 valence electrons. The Morgan fingerprint density at radius 2 is 2.50 bits per heavy atom. The average molecular weight is 244 g/mol. The number of esters is 1. The zero-order valence-corrected chi connectivity index (χ0v) is 9.61. The lowest BCUT2D eigenvalue weighted by Crippen LogP contribution is -2.17. The van der Waals surface area contributed by atoms with E-state index in [1.54, 1.807) is 18.5 Å². The fourth-order valence-electron chi connectivity index (χ4n) is 1.27. The van der Waals surface area contributed by atoms with Gasteiger partial charge in [0.1, 0.15) is 5.01 Å². The van der Waals surface area contributed by atoms with Crippen molar-refractivity contribution in [2.24, 2.45) is 0 Å². The first-order valence-corrected chi connectivity index (χ1v) is 5.68. The van der Waals surface area contributed by atoms with Crippen molar-refractivity contribution in [1.29, 1.82) is 0 Å². The van der Waals surface area contributed by atoms with Gasteiger partial charge in [0.15, 0.2) is 0 Å². The number of hydrogen-bond acceptors (Lipinski definition) is 6. The molecule has 0 radical (unpaired) electrons. The van der Waals surface area contributed by atoms with Crippen LogP contribution >= 0.6 is 11.3 Å². The lowest BCUT2D eigenvalue weighted by atomic mass is 10.1. The summed E-state index contributed by atoms with van der Waals surface area (Å²) in [6.45, 7) is 1.68. The monoisotopic (exact) mass is 244 g/mol. The minimum atomic E-state index is -0.492. The molecule has 0 fully saturated rings. The van der Waals surface area contributed by atoms with Crippen LogP contribution in [0, 0.1) is 10.1 Å². The van der Waals surface area contributed by atoms with Crippen LogP contribution in [-0.4, -0.2) is 29.0 Å². The van der Waals surface area contributed by atoms with Crippen molar-refractivity contribution in [2.75, 3.05) is 13.2 Å². The predicted octanol–water partition coefficient (Wildman–Crippen LogP) is 1.46. The smallest absolute Gasteiger partial charge is 0.306 e. The highest BCUT2D eigenvalue weighted by atomic mass is 32.1. The highest BCUT2D eigenvalue weighted by molar-refractivity contribution is 7.09. The molecule has 0 amide bonds. The van der Waals surface area contributed by atoms with Gasteiger partial charge in [-0.25, -0.2) is 4.98 Å². The largest absolute Gasteiger partial charge is 0.466 e. The summed E-state index contributed by atoms with van der Waals surface area (Å²) in [4.78, 5) is 25.3. The van der Waals surface area contributed by atoms with Crippen molar-refractivity contribution < 1.29 is 14.5 Å². The van der Waals surface area contributed by atoms with Crippen LogP contribution in [0.4, 0.5) is 0 Å². The number of nitro groups is 1. The number of hydrogen-bond donors (Lipinski definition) is 0. The first-order chi connectivity index (χ1) is 7.63. The first-order valence-electron chi connectivity index (χ1n) is 4.80.